The standard InChI is InChI=1S/C5H8ClO3S/c1-5(4-7)10(8,9)3-2-6/h5H,2-3H2,1H3. The molecular formula is C5H8ClO3S. The first-order chi connectivity index (χ1) is 4.54. The van der Waals surface area contributed by atoms with E-state index in [9.17, 15) is 13.2 Å². The molecule has 0 heterocycles. The number of sulfone groups is 1. The Kier molecular flexibility index (Phi) is 3.89. The van der Waals surface area contributed by atoms with Gasteiger partial charge in [0.15, 0.2) is 9.84 Å². The summed E-state index contributed by atoms with van der Waals surface area (Å²) in [5.41, 5.74) is 0. The van der Waals surface area contributed by atoms with Crippen LogP contribution in [0.4, 0.5) is 0 Å². The van der Waals surface area contributed by atoms with Crippen LogP contribution in [0.2, 0.25) is 0 Å². The molecule has 1 unspecified atom stereocenters. The van der Waals surface area contributed by atoms with Crippen LogP contribution in [0.15, 0.2) is 0 Å². The lowest BCUT2D eigenvalue weighted by Crippen LogP contribution is -2.22. The Morgan fingerprint density at radius 2 is 2.10 bits per heavy atom. The summed E-state index contributed by atoms with van der Waals surface area (Å²) in [7, 11) is -3.32. The predicted molar refractivity (Wildman–Crippen MR) is 39.7 cm³/mol. The normalized spacial score (nSPS) is 14.6. The van der Waals surface area contributed by atoms with Gasteiger partial charge >= 0.3 is 0 Å². The molecule has 0 aliphatic heterocycles. The number of rotatable bonds is 4. The van der Waals surface area contributed by atoms with Crippen LogP contribution in [0.3, 0.4) is 0 Å². The van der Waals surface area contributed by atoms with Gasteiger partial charge in [-0.15, -0.1) is 11.6 Å². The van der Waals surface area contributed by atoms with Crippen LogP contribution in [0.25, 0.3) is 0 Å². The van der Waals surface area contributed by atoms with E-state index in [2.05, 4.69) is 0 Å². The van der Waals surface area contributed by atoms with Crippen LogP contribution in [0.1, 0.15) is 6.92 Å². The minimum Gasteiger partial charge on any atom is -0.289 e. The Bertz CT molecular complexity index is 197. The highest BCUT2D eigenvalue weighted by Gasteiger charge is 2.19. The molecule has 0 fully saturated rings. The third-order valence-corrected chi connectivity index (χ3v) is 3.43. The lowest BCUT2D eigenvalue weighted by molar-refractivity contribution is 0.548. The molecule has 0 rings (SSSR count). The number of hydrogen-bond acceptors (Lipinski definition) is 3. The number of hydrogen-bond donors (Lipinski definition) is 0. The van der Waals surface area contributed by atoms with Crippen LogP contribution < -0.4 is 0 Å². The van der Waals surface area contributed by atoms with E-state index >= 15 is 0 Å². The Morgan fingerprint density at radius 1 is 1.60 bits per heavy atom. The Hall–Kier alpha value is -0.0900. The van der Waals surface area contributed by atoms with Crippen molar-refractivity contribution >= 4 is 27.7 Å². The average Bonchev–Trinajstić information content (AvgIpc) is 1.86. The van der Waals surface area contributed by atoms with E-state index < -0.39 is 15.1 Å². The smallest absolute Gasteiger partial charge is 0.217 e. The van der Waals surface area contributed by atoms with Gasteiger partial charge in [0.05, 0.1) is 5.75 Å². The highest BCUT2D eigenvalue weighted by molar-refractivity contribution is 7.92. The summed E-state index contributed by atoms with van der Waals surface area (Å²) in [5, 5.41) is -1.05. The van der Waals surface area contributed by atoms with E-state index in [1.165, 1.54) is 13.2 Å². The minimum absolute atomic E-state index is 0.0222. The second kappa shape index (κ2) is 3.93. The summed E-state index contributed by atoms with van der Waals surface area (Å²) in [4.78, 5) is 9.88. The maximum atomic E-state index is 10.8. The first-order valence-electron chi connectivity index (χ1n) is 2.70. The summed E-state index contributed by atoms with van der Waals surface area (Å²) >= 11 is 5.18. The van der Waals surface area contributed by atoms with Gasteiger partial charge in [0.2, 0.25) is 6.29 Å². The number of carbonyl (C=O) groups excluding carboxylic acids is 1. The lowest BCUT2D eigenvalue weighted by atomic mass is 10.5. The molecule has 1 radical (unpaired) electrons. The van der Waals surface area contributed by atoms with Crippen molar-refractivity contribution in [3.63, 3.8) is 0 Å². The van der Waals surface area contributed by atoms with Gasteiger partial charge in [-0.05, 0) is 6.92 Å². The van der Waals surface area contributed by atoms with Crippen LogP contribution in [-0.4, -0.2) is 31.6 Å². The zero-order chi connectivity index (χ0) is 8.20. The first kappa shape index (κ1) is 9.91. The molecule has 0 saturated heterocycles. The average molecular weight is 184 g/mol. The molecule has 10 heavy (non-hydrogen) atoms. The van der Waals surface area contributed by atoms with Gasteiger partial charge in [-0.1, -0.05) is 0 Å². The molecule has 3 nitrogen and oxygen atoms in total. The van der Waals surface area contributed by atoms with Crippen molar-refractivity contribution in [2.24, 2.45) is 0 Å². The Balaban J connectivity index is 4.26. The molecule has 0 aromatic heterocycles. The van der Waals surface area contributed by atoms with Crippen molar-refractivity contribution in [3.8, 4) is 0 Å². The zero-order valence-electron chi connectivity index (χ0n) is 5.50. The largest absolute Gasteiger partial charge is 0.289 e. The van der Waals surface area contributed by atoms with E-state index in [-0.39, 0.29) is 11.6 Å². The molecule has 0 aliphatic rings. The summed E-state index contributed by atoms with van der Waals surface area (Å²) < 4.78 is 21.6. The Morgan fingerprint density at radius 3 is 2.40 bits per heavy atom. The van der Waals surface area contributed by atoms with Crippen molar-refractivity contribution < 1.29 is 13.2 Å². The zero-order valence-corrected chi connectivity index (χ0v) is 7.07. The van der Waals surface area contributed by atoms with Gasteiger partial charge in [0, 0.05) is 5.88 Å². The SMILES string of the molecule is CC([C]=O)S(=O)(=O)CCCl. The fraction of sp³-hybridized carbons (Fsp3) is 0.800. The third kappa shape index (κ3) is 2.66. The van der Waals surface area contributed by atoms with Crippen LogP contribution in [0, 0.1) is 0 Å². The highest BCUT2D eigenvalue weighted by atomic mass is 35.5. The summed E-state index contributed by atoms with van der Waals surface area (Å²) in [6.07, 6.45) is 1.39. The van der Waals surface area contributed by atoms with Crippen LogP contribution in [-0.2, 0) is 14.6 Å². The van der Waals surface area contributed by atoms with Crippen molar-refractivity contribution in [2.75, 3.05) is 11.6 Å². The quantitative estimate of drug-likeness (QED) is 0.583. The van der Waals surface area contributed by atoms with Gasteiger partial charge < -0.3 is 0 Å². The molecule has 0 N–H and O–H groups in total. The summed E-state index contributed by atoms with van der Waals surface area (Å²) in [5.74, 6) is -0.140. The van der Waals surface area contributed by atoms with E-state index in [0.717, 1.165) is 0 Å². The molecule has 0 spiro atoms. The summed E-state index contributed by atoms with van der Waals surface area (Å²) in [6, 6.07) is 0. The van der Waals surface area contributed by atoms with Gasteiger partial charge in [-0.3, -0.25) is 4.79 Å². The first-order valence-corrected chi connectivity index (χ1v) is 4.95. The second-order valence-corrected chi connectivity index (χ2v) is 4.64. The molecule has 0 amide bonds. The second-order valence-electron chi connectivity index (χ2n) is 1.82. The third-order valence-electron chi connectivity index (χ3n) is 1.07. The molecule has 0 saturated carbocycles. The van der Waals surface area contributed by atoms with Crippen molar-refractivity contribution in [1.82, 2.24) is 0 Å². The van der Waals surface area contributed by atoms with E-state index in [4.69, 9.17) is 11.6 Å². The lowest BCUT2D eigenvalue weighted by Gasteiger charge is -2.01. The molecule has 5 heteroatoms. The van der Waals surface area contributed by atoms with Crippen molar-refractivity contribution in [1.29, 1.82) is 0 Å². The van der Waals surface area contributed by atoms with Crippen molar-refractivity contribution in [2.45, 2.75) is 12.2 Å². The van der Waals surface area contributed by atoms with Crippen LogP contribution >= 0.6 is 11.6 Å². The van der Waals surface area contributed by atoms with Crippen LogP contribution in [0.5, 0.6) is 0 Å². The van der Waals surface area contributed by atoms with Gasteiger partial charge in [-0.2, -0.15) is 0 Å². The van der Waals surface area contributed by atoms with Crippen molar-refractivity contribution in [3.05, 3.63) is 0 Å². The highest BCUT2D eigenvalue weighted by Crippen LogP contribution is 1.99. The fourth-order valence-corrected chi connectivity index (χ4v) is 1.72. The molecule has 0 bridgehead atoms. The molecule has 0 aromatic rings. The predicted octanol–water partition coefficient (Wildman–Crippen LogP) is 0.138. The van der Waals surface area contributed by atoms with Gasteiger partial charge in [0.25, 0.3) is 0 Å². The molecular weight excluding hydrogens is 176 g/mol. The number of halogens is 1. The maximum absolute atomic E-state index is 10.8. The molecule has 1 atom stereocenters. The van der Waals surface area contributed by atoms with Gasteiger partial charge in [0.1, 0.15) is 5.25 Å². The number of alkyl halides is 1. The Labute approximate surface area is 65.3 Å². The monoisotopic (exact) mass is 183 g/mol. The molecule has 0 aliphatic carbocycles. The molecule has 59 valence electrons. The maximum Gasteiger partial charge on any atom is 0.217 e. The van der Waals surface area contributed by atoms with E-state index in [0.29, 0.717) is 0 Å². The fourth-order valence-electron chi connectivity index (χ4n) is 0.358. The molecule has 0 aromatic carbocycles. The van der Waals surface area contributed by atoms with Gasteiger partial charge in [-0.25, -0.2) is 8.42 Å². The van der Waals surface area contributed by atoms with E-state index in [1.807, 2.05) is 0 Å². The minimum atomic E-state index is -3.32. The summed E-state index contributed by atoms with van der Waals surface area (Å²) in [6.45, 7) is 1.29. The van der Waals surface area contributed by atoms with E-state index in [1.54, 1.807) is 0 Å². The topological polar surface area (TPSA) is 51.2 Å².